The Bertz CT molecular complexity index is 1040. The minimum atomic E-state index is -0.337. The van der Waals surface area contributed by atoms with Crippen molar-refractivity contribution in [3.8, 4) is 0 Å². The maximum Gasteiger partial charge on any atom is 0.271 e. The third-order valence-corrected chi connectivity index (χ3v) is 4.26. The molecule has 1 aliphatic rings. The predicted molar refractivity (Wildman–Crippen MR) is 95.8 cm³/mol. The Morgan fingerprint density at radius 2 is 2.04 bits per heavy atom. The molecule has 0 bridgehead atoms. The number of nitrogens with one attached hydrogen (secondary N) is 1. The molecule has 1 aromatic heterocycles. The van der Waals surface area contributed by atoms with Crippen molar-refractivity contribution in [3.63, 3.8) is 0 Å². The molecule has 2 heterocycles. The predicted octanol–water partition coefficient (Wildman–Crippen LogP) is 2.11. The molecule has 6 heteroatoms. The molecule has 1 N–H and O–H groups in total. The second-order valence-electron chi connectivity index (χ2n) is 5.93. The lowest BCUT2D eigenvalue weighted by atomic mass is 10.1. The second kappa shape index (κ2) is 6.32. The summed E-state index contributed by atoms with van der Waals surface area (Å²) in [6, 6.07) is 14.4. The van der Waals surface area contributed by atoms with Gasteiger partial charge in [0.05, 0.1) is 17.1 Å². The van der Waals surface area contributed by atoms with E-state index in [0.717, 1.165) is 24.2 Å². The monoisotopic (exact) mass is 332 g/mol. The van der Waals surface area contributed by atoms with Crippen LogP contribution in [-0.4, -0.2) is 21.7 Å². The lowest BCUT2D eigenvalue weighted by molar-refractivity contribution is 0.0955. The Morgan fingerprint density at radius 1 is 1.20 bits per heavy atom. The average molecular weight is 332 g/mol. The Hall–Kier alpha value is -3.28. The van der Waals surface area contributed by atoms with Crippen molar-refractivity contribution in [2.24, 2.45) is 5.10 Å². The molecular weight excluding hydrogens is 316 g/mol. The van der Waals surface area contributed by atoms with Crippen molar-refractivity contribution >= 4 is 23.0 Å². The maximum atomic E-state index is 12.4. The number of hydrazone groups is 1. The largest absolute Gasteiger partial charge is 0.296 e. The number of carbonyl (C=O) groups is 1. The van der Waals surface area contributed by atoms with Gasteiger partial charge < -0.3 is 0 Å². The summed E-state index contributed by atoms with van der Waals surface area (Å²) in [5.41, 5.74) is 4.34. The first-order valence-electron chi connectivity index (χ1n) is 8.14. The molecule has 0 radical (unpaired) electrons. The number of hydrogen-bond acceptors (Lipinski definition) is 4. The van der Waals surface area contributed by atoms with E-state index in [0.29, 0.717) is 23.0 Å². The first-order chi connectivity index (χ1) is 12.2. The van der Waals surface area contributed by atoms with Gasteiger partial charge in [-0.1, -0.05) is 30.3 Å². The fraction of sp³-hybridized carbons (Fsp3) is 0.158. The fourth-order valence-electron chi connectivity index (χ4n) is 2.99. The van der Waals surface area contributed by atoms with Crippen LogP contribution in [0.5, 0.6) is 0 Å². The van der Waals surface area contributed by atoms with Crippen LogP contribution in [-0.2, 0) is 13.0 Å². The summed E-state index contributed by atoms with van der Waals surface area (Å²) in [4.78, 5) is 29.2. The summed E-state index contributed by atoms with van der Waals surface area (Å²) >= 11 is 0. The zero-order valence-electron chi connectivity index (χ0n) is 13.5. The van der Waals surface area contributed by atoms with Crippen LogP contribution < -0.4 is 11.0 Å². The highest BCUT2D eigenvalue weighted by Gasteiger charge is 2.16. The van der Waals surface area contributed by atoms with Gasteiger partial charge in [0.1, 0.15) is 5.82 Å². The lowest BCUT2D eigenvalue weighted by Gasteiger charge is -2.06. The molecule has 1 amide bonds. The standard InChI is InChI=1S/C19H16N4O2/c24-18(22-20-12-13-5-2-1-3-6-13)14-8-9-15-16(11-14)21-17-7-4-10-23(17)19(15)25/h1-3,5-6,8-9,11-12H,4,7,10H2,(H,22,24)/b20-12-. The van der Waals surface area contributed by atoms with Crippen molar-refractivity contribution in [2.75, 3.05) is 0 Å². The Balaban J connectivity index is 1.59. The maximum absolute atomic E-state index is 12.4. The molecule has 3 aromatic rings. The zero-order chi connectivity index (χ0) is 17.2. The minimum absolute atomic E-state index is 0.0356. The van der Waals surface area contributed by atoms with Gasteiger partial charge in [-0.05, 0) is 30.2 Å². The minimum Gasteiger partial charge on any atom is -0.296 e. The van der Waals surface area contributed by atoms with Gasteiger partial charge in [0, 0.05) is 18.5 Å². The molecule has 0 saturated heterocycles. The van der Waals surface area contributed by atoms with Crippen LogP contribution in [0.3, 0.4) is 0 Å². The molecule has 25 heavy (non-hydrogen) atoms. The molecule has 6 nitrogen and oxygen atoms in total. The molecule has 124 valence electrons. The number of aryl methyl sites for hydroxylation is 1. The van der Waals surface area contributed by atoms with Crippen LogP contribution in [0.25, 0.3) is 10.9 Å². The zero-order valence-corrected chi connectivity index (χ0v) is 13.5. The molecule has 0 saturated carbocycles. The van der Waals surface area contributed by atoms with E-state index >= 15 is 0 Å². The summed E-state index contributed by atoms with van der Waals surface area (Å²) in [6.07, 6.45) is 3.31. The topological polar surface area (TPSA) is 76.3 Å². The SMILES string of the molecule is O=C(N/N=C\c1ccccc1)c1ccc2c(=O)n3c(nc2c1)CCC3. The quantitative estimate of drug-likeness (QED) is 0.589. The van der Waals surface area contributed by atoms with Gasteiger partial charge >= 0.3 is 0 Å². The smallest absolute Gasteiger partial charge is 0.271 e. The van der Waals surface area contributed by atoms with E-state index in [1.807, 2.05) is 30.3 Å². The first-order valence-corrected chi connectivity index (χ1v) is 8.14. The number of hydrogen-bond donors (Lipinski definition) is 1. The second-order valence-corrected chi connectivity index (χ2v) is 5.93. The third kappa shape index (κ3) is 2.94. The van der Waals surface area contributed by atoms with E-state index in [1.165, 1.54) is 0 Å². The van der Waals surface area contributed by atoms with Gasteiger partial charge in [-0.3, -0.25) is 14.2 Å². The highest BCUT2D eigenvalue weighted by molar-refractivity contribution is 5.98. The summed E-state index contributed by atoms with van der Waals surface area (Å²) in [7, 11) is 0. The molecule has 0 aliphatic carbocycles. The van der Waals surface area contributed by atoms with Crippen LogP contribution in [0.4, 0.5) is 0 Å². The van der Waals surface area contributed by atoms with Gasteiger partial charge in [-0.2, -0.15) is 5.10 Å². The number of rotatable bonds is 3. The number of aromatic nitrogens is 2. The summed E-state index contributed by atoms with van der Waals surface area (Å²) in [5.74, 6) is 0.452. The Labute approximate surface area is 143 Å². The van der Waals surface area contributed by atoms with Crippen molar-refractivity contribution in [1.82, 2.24) is 15.0 Å². The van der Waals surface area contributed by atoms with Gasteiger partial charge in [-0.25, -0.2) is 10.4 Å². The Morgan fingerprint density at radius 3 is 2.88 bits per heavy atom. The lowest BCUT2D eigenvalue weighted by Crippen LogP contribution is -2.22. The van der Waals surface area contributed by atoms with Crippen molar-refractivity contribution < 1.29 is 4.79 Å². The van der Waals surface area contributed by atoms with Crippen LogP contribution >= 0.6 is 0 Å². The summed E-state index contributed by atoms with van der Waals surface area (Å²) in [5, 5.41) is 4.50. The summed E-state index contributed by atoms with van der Waals surface area (Å²) in [6.45, 7) is 0.716. The van der Waals surface area contributed by atoms with Gasteiger partial charge in [-0.15, -0.1) is 0 Å². The highest BCUT2D eigenvalue weighted by Crippen LogP contribution is 2.16. The first kappa shape index (κ1) is 15.3. The third-order valence-electron chi connectivity index (χ3n) is 4.26. The molecule has 1 aliphatic heterocycles. The van der Waals surface area contributed by atoms with Crippen LogP contribution in [0.15, 0.2) is 58.4 Å². The number of amides is 1. The Kier molecular flexibility index (Phi) is 3.85. The van der Waals surface area contributed by atoms with Crippen LogP contribution in [0.2, 0.25) is 0 Å². The normalized spacial score (nSPS) is 13.3. The number of nitrogens with zero attached hydrogens (tertiary/aromatic N) is 3. The van der Waals surface area contributed by atoms with E-state index < -0.39 is 0 Å². The van der Waals surface area contributed by atoms with Gasteiger partial charge in [0.15, 0.2) is 0 Å². The van der Waals surface area contributed by atoms with E-state index in [4.69, 9.17) is 0 Å². The van der Waals surface area contributed by atoms with Crippen LogP contribution in [0, 0.1) is 0 Å². The number of benzene rings is 2. The van der Waals surface area contributed by atoms with E-state index in [-0.39, 0.29) is 11.5 Å². The average Bonchev–Trinajstić information content (AvgIpc) is 3.11. The molecule has 0 unspecified atom stereocenters. The molecule has 0 atom stereocenters. The van der Waals surface area contributed by atoms with E-state index in [9.17, 15) is 9.59 Å². The van der Waals surface area contributed by atoms with Crippen LogP contribution in [0.1, 0.15) is 28.2 Å². The molecule has 2 aromatic carbocycles. The van der Waals surface area contributed by atoms with E-state index in [2.05, 4.69) is 15.5 Å². The molecular formula is C19H16N4O2. The van der Waals surface area contributed by atoms with Crippen molar-refractivity contribution in [2.45, 2.75) is 19.4 Å². The highest BCUT2D eigenvalue weighted by atomic mass is 16.2. The van der Waals surface area contributed by atoms with Gasteiger partial charge in [0.25, 0.3) is 11.5 Å². The van der Waals surface area contributed by atoms with Gasteiger partial charge in [0.2, 0.25) is 0 Å². The fourth-order valence-corrected chi connectivity index (χ4v) is 2.99. The van der Waals surface area contributed by atoms with Crippen molar-refractivity contribution in [1.29, 1.82) is 0 Å². The molecule has 4 rings (SSSR count). The number of fused-ring (bicyclic) bond motifs is 2. The van der Waals surface area contributed by atoms with Crippen molar-refractivity contribution in [3.05, 3.63) is 75.8 Å². The molecule has 0 fully saturated rings. The number of carbonyl (C=O) groups excluding carboxylic acids is 1. The summed E-state index contributed by atoms with van der Waals surface area (Å²) < 4.78 is 1.71. The molecule has 0 spiro atoms. The van der Waals surface area contributed by atoms with E-state index in [1.54, 1.807) is 29.0 Å².